The second kappa shape index (κ2) is 5.29. The summed E-state index contributed by atoms with van der Waals surface area (Å²) in [6.07, 6.45) is 2.55. The Morgan fingerprint density at radius 1 is 1.17 bits per heavy atom. The number of hydrogen-bond donors (Lipinski definition) is 1. The molecule has 1 N–H and O–H groups in total. The molecule has 1 fully saturated rings. The normalized spacial score (nSPS) is 20.8. The summed E-state index contributed by atoms with van der Waals surface area (Å²) >= 11 is 0. The van der Waals surface area contributed by atoms with Crippen LogP contribution in [0.25, 0.3) is 0 Å². The molecular formula is C15H23N3. The Morgan fingerprint density at radius 2 is 2.00 bits per heavy atom. The van der Waals surface area contributed by atoms with E-state index < -0.39 is 0 Å². The second-order valence-corrected chi connectivity index (χ2v) is 5.47. The van der Waals surface area contributed by atoms with Crippen LogP contribution in [0.4, 0.5) is 5.69 Å². The van der Waals surface area contributed by atoms with Crippen molar-refractivity contribution in [2.45, 2.75) is 19.4 Å². The highest BCUT2D eigenvalue weighted by Crippen LogP contribution is 2.29. The van der Waals surface area contributed by atoms with Gasteiger partial charge in [0.1, 0.15) is 0 Å². The van der Waals surface area contributed by atoms with Crippen molar-refractivity contribution in [3.05, 3.63) is 29.3 Å². The van der Waals surface area contributed by atoms with Gasteiger partial charge in [0.25, 0.3) is 0 Å². The zero-order valence-corrected chi connectivity index (χ0v) is 11.3. The van der Waals surface area contributed by atoms with Crippen molar-refractivity contribution in [3.63, 3.8) is 0 Å². The summed E-state index contributed by atoms with van der Waals surface area (Å²) in [5, 5.41) is 3.42. The number of nitrogens with zero attached hydrogens (tertiary/aromatic N) is 2. The maximum Gasteiger partial charge on any atom is 0.0399 e. The van der Waals surface area contributed by atoms with Crippen molar-refractivity contribution < 1.29 is 0 Å². The zero-order chi connectivity index (χ0) is 12.4. The summed E-state index contributed by atoms with van der Waals surface area (Å²) in [6, 6.07) is 6.81. The molecule has 18 heavy (non-hydrogen) atoms. The molecule has 0 aliphatic carbocycles. The first-order valence-electron chi connectivity index (χ1n) is 7.09. The van der Waals surface area contributed by atoms with E-state index in [2.05, 4.69) is 40.4 Å². The SMILES string of the molecule is CN1CCCc2c(CN3CCNCC3)cccc21. The molecule has 0 spiro atoms. The Bertz CT molecular complexity index is 410. The zero-order valence-electron chi connectivity index (χ0n) is 11.3. The molecule has 3 heteroatoms. The van der Waals surface area contributed by atoms with Crippen LogP contribution in [0.5, 0.6) is 0 Å². The number of anilines is 1. The fourth-order valence-corrected chi connectivity index (χ4v) is 3.14. The molecule has 0 unspecified atom stereocenters. The largest absolute Gasteiger partial charge is 0.374 e. The van der Waals surface area contributed by atoms with Crippen LogP contribution in [0.3, 0.4) is 0 Å². The highest BCUT2D eigenvalue weighted by Gasteiger charge is 2.18. The van der Waals surface area contributed by atoms with Crippen molar-refractivity contribution in [3.8, 4) is 0 Å². The smallest absolute Gasteiger partial charge is 0.0399 e. The fraction of sp³-hybridized carbons (Fsp3) is 0.600. The molecule has 0 amide bonds. The van der Waals surface area contributed by atoms with Gasteiger partial charge >= 0.3 is 0 Å². The molecule has 0 aromatic heterocycles. The highest BCUT2D eigenvalue weighted by atomic mass is 15.2. The predicted molar refractivity (Wildman–Crippen MR) is 76.2 cm³/mol. The Morgan fingerprint density at radius 3 is 2.83 bits per heavy atom. The quantitative estimate of drug-likeness (QED) is 0.851. The predicted octanol–water partition coefficient (Wildman–Crippen LogP) is 1.47. The molecule has 1 saturated heterocycles. The number of piperazine rings is 1. The van der Waals surface area contributed by atoms with E-state index in [-0.39, 0.29) is 0 Å². The molecule has 2 aliphatic heterocycles. The average molecular weight is 245 g/mol. The minimum atomic E-state index is 1.12. The Kier molecular flexibility index (Phi) is 3.52. The van der Waals surface area contributed by atoms with Crippen LogP contribution >= 0.6 is 0 Å². The van der Waals surface area contributed by atoms with Gasteiger partial charge in [0.15, 0.2) is 0 Å². The van der Waals surface area contributed by atoms with Crippen molar-refractivity contribution in [1.82, 2.24) is 10.2 Å². The molecule has 3 nitrogen and oxygen atoms in total. The third kappa shape index (κ3) is 2.38. The van der Waals surface area contributed by atoms with E-state index in [1.54, 1.807) is 11.1 Å². The van der Waals surface area contributed by atoms with E-state index in [1.165, 1.54) is 38.2 Å². The van der Waals surface area contributed by atoms with E-state index in [9.17, 15) is 0 Å². The van der Waals surface area contributed by atoms with Gasteiger partial charge in [-0.1, -0.05) is 12.1 Å². The van der Waals surface area contributed by atoms with Crippen LogP contribution in [0, 0.1) is 0 Å². The molecule has 0 atom stereocenters. The lowest BCUT2D eigenvalue weighted by Crippen LogP contribution is -2.43. The van der Waals surface area contributed by atoms with Crippen LogP contribution in [0.1, 0.15) is 17.5 Å². The monoisotopic (exact) mass is 245 g/mol. The minimum absolute atomic E-state index is 1.12. The summed E-state index contributed by atoms with van der Waals surface area (Å²) in [4.78, 5) is 4.97. The van der Waals surface area contributed by atoms with Crippen LogP contribution in [-0.2, 0) is 13.0 Å². The Balaban J connectivity index is 1.81. The van der Waals surface area contributed by atoms with Gasteiger partial charge in [-0.15, -0.1) is 0 Å². The molecule has 2 aliphatic rings. The lowest BCUT2D eigenvalue weighted by Gasteiger charge is -2.32. The third-order valence-corrected chi connectivity index (χ3v) is 4.18. The molecule has 0 bridgehead atoms. The lowest BCUT2D eigenvalue weighted by atomic mass is 9.96. The van der Waals surface area contributed by atoms with E-state index in [4.69, 9.17) is 0 Å². The van der Waals surface area contributed by atoms with Crippen molar-refractivity contribution in [2.24, 2.45) is 0 Å². The summed E-state index contributed by atoms with van der Waals surface area (Å²) in [5.41, 5.74) is 4.58. The van der Waals surface area contributed by atoms with Crippen LogP contribution in [-0.4, -0.2) is 44.7 Å². The summed E-state index contributed by atoms with van der Waals surface area (Å²) in [7, 11) is 2.21. The molecule has 1 aromatic rings. The standard InChI is InChI=1S/C15H23N3/c1-17-9-3-5-14-13(4-2-6-15(14)17)12-18-10-7-16-8-11-18/h2,4,6,16H,3,5,7-12H2,1H3. The maximum absolute atomic E-state index is 3.42. The summed E-state index contributed by atoms with van der Waals surface area (Å²) in [6.45, 7) is 6.95. The molecule has 2 heterocycles. The summed E-state index contributed by atoms with van der Waals surface area (Å²) in [5.74, 6) is 0. The van der Waals surface area contributed by atoms with Gasteiger partial charge in [-0.2, -0.15) is 0 Å². The highest BCUT2D eigenvalue weighted by molar-refractivity contribution is 5.58. The second-order valence-electron chi connectivity index (χ2n) is 5.47. The number of fused-ring (bicyclic) bond motifs is 1. The van der Waals surface area contributed by atoms with Gasteiger partial charge in [-0.05, 0) is 30.0 Å². The molecule has 3 rings (SSSR count). The van der Waals surface area contributed by atoms with Crippen molar-refractivity contribution in [2.75, 3.05) is 44.7 Å². The Labute approximate surface area is 110 Å². The van der Waals surface area contributed by atoms with Crippen molar-refractivity contribution >= 4 is 5.69 Å². The van der Waals surface area contributed by atoms with Crippen molar-refractivity contribution in [1.29, 1.82) is 0 Å². The summed E-state index contributed by atoms with van der Waals surface area (Å²) < 4.78 is 0. The van der Waals surface area contributed by atoms with Gasteiger partial charge in [0.05, 0.1) is 0 Å². The molecule has 0 saturated carbocycles. The number of hydrogen-bond acceptors (Lipinski definition) is 3. The van der Waals surface area contributed by atoms with Gasteiger partial charge in [-0.3, -0.25) is 4.90 Å². The molecule has 0 radical (unpaired) electrons. The first kappa shape index (κ1) is 12.0. The molecule has 98 valence electrons. The minimum Gasteiger partial charge on any atom is -0.374 e. The molecule has 1 aromatic carbocycles. The van der Waals surface area contributed by atoms with Gasteiger partial charge in [0, 0.05) is 52.0 Å². The third-order valence-electron chi connectivity index (χ3n) is 4.18. The first-order valence-corrected chi connectivity index (χ1v) is 7.09. The number of nitrogens with one attached hydrogen (secondary N) is 1. The lowest BCUT2D eigenvalue weighted by molar-refractivity contribution is 0.232. The molecular weight excluding hydrogens is 222 g/mol. The van der Waals surface area contributed by atoms with Crippen LogP contribution in [0.2, 0.25) is 0 Å². The van der Waals surface area contributed by atoms with E-state index in [0.29, 0.717) is 0 Å². The van der Waals surface area contributed by atoms with E-state index in [0.717, 1.165) is 19.6 Å². The number of benzene rings is 1. The van der Waals surface area contributed by atoms with Gasteiger partial charge in [-0.25, -0.2) is 0 Å². The topological polar surface area (TPSA) is 18.5 Å². The van der Waals surface area contributed by atoms with E-state index in [1.807, 2.05) is 0 Å². The van der Waals surface area contributed by atoms with Gasteiger partial charge in [0.2, 0.25) is 0 Å². The van der Waals surface area contributed by atoms with Crippen LogP contribution in [0.15, 0.2) is 18.2 Å². The van der Waals surface area contributed by atoms with Crippen LogP contribution < -0.4 is 10.2 Å². The van der Waals surface area contributed by atoms with E-state index >= 15 is 0 Å². The Hall–Kier alpha value is -1.06. The average Bonchev–Trinajstić information content (AvgIpc) is 2.41. The van der Waals surface area contributed by atoms with Gasteiger partial charge < -0.3 is 10.2 Å². The first-order chi connectivity index (χ1) is 8.84. The maximum atomic E-state index is 3.42. The fourth-order valence-electron chi connectivity index (χ4n) is 3.14. The number of rotatable bonds is 2.